The second-order valence-electron chi connectivity index (χ2n) is 4.46. The summed E-state index contributed by atoms with van der Waals surface area (Å²) in [4.78, 5) is 12.2. The molecule has 2 aromatic carbocycles. The van der Waals surface area contributed by atoms with Crippen LogP contribution in [-0.2, 0) is 0 Å². The molecule has 0 spiro atoms. The van der Waals surface area contributed by atoms with Gasteiger partial charge in [0.15, 0.2) is 0 Å². The van der Waals surface area contributed by atoms with E-state index in [2.05, 4.69) is 17.2 Å². The van der Waals surface area contributed by atoms with E-state index >= 15 is 0 Å². The highest BCUT2D eigenvalue weighted by atomic mass is 16.3. The van der Waals surface area contributed by atoms with Gasteiger partial charge in [-0.05, 0) is 36.8 Å². The first kappa shape index (κ1) is 14.6. The molecule has 21 heavy (non-hydrogen) atoms. The van der Waals surface area contributed by atoms with Gasteiger partial charge in [-0.1, -0.05) is 30.0 Å². The van der Waals surface area contributed by atoms with Crippen LogP contribution >= 0.6 is 0 Å². The molecule has 3 N–H and O–H groups in total. The first-order valence-corrected chi connectivity index (χ1v) is 6.41. The van der Waals surface area contributed by atoms with Crippen LogP contribution in [0.25, 0.3) is 0 Å². The summed E-state index contributed by atoms with van der Waals surface area (Å²) in [6.45, 7) is 1.65. The van der Waals surface area contributed by atoms with E-state index in [-0.39, 0.29) is 23.8 Å². The van der Waals surface area contributed by atoms with Crippen molar-refractivity contribution in [1.82, 2.24) is 0 Å². The number of carbonyl (C=O) groups is 1. The molecule has 0 fully saturated rings. The molecule has 0 aliphatic heterocycles. The second-order valence-corrected chi connectivity index (χ2v) is 4.46. The molecule has 0 saturated heterocycles. The summed E-state index contributed by atoms with van der Waals surface area (Å²) in [5.41, 5.74) is 2.41. The number of anilines is 1. The number of para-hydroxylation sites is 1. The van der Waals surface area contributed by atoms with Crippen LogP contribution in [0.1, 0.15) is 21.5 Å². The maximum atomic E-state index is 12.2. The van der Waals surface area contributed by atoms with Crippen molar-refractivity contribution in [3.63, 3.8) is 0 Å². The predicted molar refractivity (Wildman–Crippen MR) is 81.2 cm³/mol. The summed E-state index contributed by atoms with van der Waals surface area (Å²) in [6.07, 6.45) is 0. The van der Waals surface area contributed by atoms with Gasteiger partial charge in [0.1, 0.15) is 12.4 Å². The minimum absolute atomic E-state index is 0.0659. The van der Waals surface area contributed by atoms with Crippen molar-refractivity contribution in [3.8, 4) is 17.6 Å². The molecule has 0 unspecified atom stereocenters. The van der Waals surface area contributed by atoms with Gasteiger partial charge in [0.25, 0.3) is 5.91 Å². The Hall–Kier alpha value is -2.77. The fourth-order valence-electron chi connectivity index (χ4n) is 1.83. The molecule has 2 rings (SSSR count). The highest BCUT2D eigenvalue weighted by Crippen LogP contribution is 2.20. The van der Waals surface area contributed by atoms with Crippen molar-refractivity contribution in [2.75, 3.05) is 11.9 Å². The number of carbonyl (C=O) groups excluding carboxylic acids is 1. The van der Waals surface area contributed by atoms with Gasteiger partial charge in [0.05, 0.1) is 5.56 Å². The van der Waals surface area contributed by atoms with E-state index in [9.17, 15) is 9.90 Å². The van der Waals surface area contributed by atoms with E-state index in [1.165, 1.54) is 6.07 Å². The number of phenolic OH excluding ortho intramolecular Hbond substituents is 1. The second kappa shape index (κ2) is 6.60. The maximum absolute atomic E-state index is 12.2. The number of benzene rings is 2. The molecule has 0 aliphatic rings. The summed E-state index contributed by atoms with van der Waals surface area (Å²) in [6, 6.07) is 11.7. The van der Waals surface area contributed by atoms with Crippen molar-refractivity contribution in [2.24, 2.45) is 0 Å². The highest BCUT2D eigenvalue weighted by molar-refractivity contribution is 6.06. The predicted octanol–water partition coefficient (Wildman–Crippen LogP) is 2.30. The quantitative estimate of drug-likeness (QED) is 0.740. The Bertz CT molecular complexity index is 726. The summed E-state index contributed by atoms with van der Waals surface area (Å²) in [7, 11) is 0. The monoisotopic (exact) mass is 281 g/mol. The number of rotatable bonds is 2. The average molecular weight is 281 g/mol. The van der Waals surface area contributed by atoms with Gasteiger partial charge in [-0.3, -0.25) is 4.79 Å². The Morgan fingerprint density at radius 3 is 2.71 bits per heavy atom. The fourth-order valence-corrected chi connectivity index (χ4v) is 1.83. The van der Waals surface area contributed by atoms with E-state index < -0.39 is 0 Å². The van der Waals surface area contributed by atoms with Crippen LogP contribution in [0.5, 0.6) is 5.75 Å². The summed E-state index contributed by atoms with van der Waals surface area (Å²) >= 11 is 0. The number of amides is 1. The maximum Gasteiger partial charge on any atom is 0.259 e. The lowest BCUT2D eigenvalue weighted by molar-refractivity contribution is 0.102. The molecule has 4 nitrogen and oxygen atoms in total. The van der Waals surface area contributed by atoms with Gasteiger partial charge in [-0.15, -0.1) is 0 Å². The summed E-state index contributed by atoms with van der Waals surface area (Å²) in [5, 5.41) is 21.1. The first-order chi connectivity index (χ1) is 10.1. The number of phenols is 1. The zero-order chi connectivity index (χ0) is 15.2. The van der Waals surface area contributed by atoms with E-state index in [4.69, 9.17) is 5.11 Å². The van der Waals surface area contributed by atoms with E-state index in [0.29, 0.717) is 11.3 Å². The molecule has 0 atom stereocenters. The Morgan fingerprint density at radius 2 is 2.00 bits per heavy atom. The third-order valence-electron chi connectivity index (χ3n) is 2.95. The zero-order valence-electron chi connectivity index (χ0n) is 11.6. The highest BCUT2D eigenvalue weighted by Gasteiger charge is 2.11. The molecule has 4 heteroatoms. The van der Waals surface area contributed by atoms with E-state index in [1.54, 1.807) is 24.3 Å². The molecular formula is C17H15NO3. The van der Waals surface area contributed by atoms with Crippen LogP contribution in [0.15, 0.2) is 42.5 Å². The molecule has 0 bridgehead atoms. The van der Waals surface area contributed by atoms with Crippen LogP contribution in [-0.4, -0.2) is 22.7 Å². The normalized spacial score (nSPS) is 9.62. The molecule has 0 aliphatic carbocycles. The Balaban J connectivity index is 2.27. The number of aryl methyl sites for hydroxylation is 1. The molecular weight excluding hydrogens is 266 g/mol. The van der Waals surface area contributed by atoms with Gasteiger partial charge < -0.3 is 15.5 Å². The smallest absolute Gasteiger partial charge is 0.259 e. The van der Waals surface area contributed by atoms with Gasteiger partial charge >= 0.3 is 0 Å². The van der Waals surface area contributed by atoms with E-state index in [1.807, 2.05) is 19.1 Å². The van der Waals surface area contributed by atoms with Crippen LogP contribution in [0, 0.1) is 18.8 Å². The van der Waals surface area contributed by atoms with Gasteiger partial charge in [-0.2, -0.15) is 0 Å². The van der Waals surface area contributed by atoms with Crippen LogP contribution < -0.4 is 5.32 Å². The average Bonchev–Trinajstić information content (AvgIpc) is 2.48. The topological polar surface area (TPSA) is 69.6 Å². The lowest BCUT2D eigenvalue weighted by atomic mass is 10.1. The molecule has 0 aromatic heterocycles. The van der Waals surface area contributed by atoms with Crippen molar-refractivity contribution < 1.29 is 15.0 Å². The summed E-state index contributed by atoms with van der Waals surface area (Å²) < 4.78 is 0. The SMILES string of the molecule is Cc1ccc(C#CCO)cc1NC(=O)c1ccccc1O. The number of nitrogens with one attached hydrogen (secondary N) is 1. The number of aliphatic hydroxyl groups excluding tert-OH is 1. The molecule has 106 valence electrons. The third kappa shape index (κ3) is 3.62. The molecule has 0 radical (unpaired) electrons. The lowest BCUT2D eigenvalue weighted by Gasteiger charge is -2.10. The fraction of sp³-hybridized carbons (Fsp3) is 0.118. The zero-order valence-corrected chi connectivity index (χ0v) is 11.6. The van der Waals surface area contributed by atoms with Crippen molar-refractivity contribution in [2.45, 2.75) is 6.92 Å². The Kier molecular flexibility index (Phi) is 4.60. The minimum atomic E-state index is -0.386. The number of aliphatic hydroxyl groups is 1. The van der Waals surface area contributed by atoms with Crippen LogP contribution in [0.3, 0.4) is 0 Å². The Morgan fingerprint density at radius 1 is 1.24 bits per heavy atom. The molecule has 2 aromatic rings. The molecule has 0 heterocycles. The standard InChI is InChI=1S/C17H15NO3/c1-12-8-9-13(5-4-10-19)11-15(12)18-17(21)14-6-2-3-7-16(14)20/h2-3,6-9,11,19-20H,10H2,1H3,(H,18,21). The minimum Gasteiger partial charge on any atom is -0.507 e. The Labute approximate surface area is 123 Å². The molecule has 1 amide bonds. The van der Waals surface area contributed by atoms with Gasteiger partial charge in [-0.25, -0.2) is 0 Å². The van der Waals surface area contributed by atoms with Crippen LogP contribution in [0.4, 0.5) is 5.69 Å². The lowest BCUT2D eigenvalue weighted by Crippen LogP contribution is -2.13. The van der Waals surface area contributed by atoms with Crippen molar-refractivity contribution >= 4 is 11.6 Å². The summed E-state index contributed by atoms with van der Waals surface area (Å²) in [5.74, 6) is 4.89. The van der Waals surface area contributed by atoms with Crippen molar-refractivity contribution in [3.05, 3.63) is 59.2 Å². The number of aromatic hydroxyl groups is 1. The van der Waals surface area contributed by atoms with E-state index in [0.717, 1.165) is 5.56 Å². The van der Waals surface area contributed by atoms with Crippen molar-refractivity contribution in [1.29, 1.82) is 0 Å². The van der Waals surface area contributed by atoms with Crippen LogP contribution in [0.2, 0.25) is 0 Å². The number of hydrogen-bond acceptors (Lipinski definition) is 3. The first-order valence-electron chi connectivity index (χ1n) is 6.41. The molecule has 0 saturated carbocycles. The largest absolute Gasteiger partial charge is 0.507 e. The van der Waals surface area contributed by atoms with Gasteiger partial charge in [0.2, 0.25) is 0 Å². The third-order valence-corrected chi connectivity index (χ3v) is 2.95. The number of hydrogen-bond donors (Lipinski definition) is 3. The van der Waals surface area contributed by atoms with Gasteiger partial charge in [0, 0.05) is 11.3 Å².